The number of carboxylic acid groups (broad SMARTS) is 1. The lowest BCUT2D eigenvalue weighted by atomic mass is 10.1. The number of pyridine rings is 1. The van der Waals surface area contributed by atoms with Crippen molar-refractivity contribution >= 4 is 11.5 Å². The highest BCUT2D eigenvalue weighted by Crippen LogP contribution is 2.16. The van der Waals surface area contributed by atoms with Crippen LogP contribution >= 0.6 is 0 Å². The molecule has 0 amide bonds. The first-order chi connectivity index (χ1) is 8.52. The maximum absolute atomic E-state index is 10.4. The maximum atomic E-state index is 10.4. The van der Waals surface area contributed by atoms with Gasteiger partial charge in [0.2, 0.25) is 0 Å². The standard InChI is InChI=1S/C15H15NO2/c1-4-13(10-11(2)8-9-15(17)18)14-7-5-6-12(3)16-14/h4-10H,1-2H2,3H3,(H,17,18)/b9-8+,13-10+. The van der Waals surface area contributed by atoms with Crippen molar-refractivity contribution in [2.45, 2.75) is 6.92 Å². The van der Waals surface area contributed by atoms with Gasteiger partial charge in [-0.3, -0.25) is 4.98 Å². The largest absolute Gasteiger partial charge is 0.478 e. The van der Waals surface area contributed by atoms with Crippen molar-refractivity contribution < 1.29 is 9.90 Å². The van der Waals surface area contributed by atoms with Crippen LogP contribution in [-0.2, 0) is 4.79 Å². The smallest absolute Gasteiger partial charge is 0.328 e. The van der Waals surface area contributed by atoms with Crippen molar-refractivity contribution in [2.75, 3.05) is 0 Å². The molecule has 0 aliphatic heterocycles. The first-order valence-electron chi connectivity index (χ1n) is 5.41. The molecule has 92 valence electrons. The van der Waals surface area contributed by atoms with E-state index < -0.39 is 5.97 Å². The summed E-state index contributed by atoms with van der Waals surface area (Å²) in [5.74, 6) is -1.00. The van der Waals surface area contributed by atoms with E-state index in [1.165, 1.54) is 6.08 Å². The molecule has 1 heterocycles. The molecule has 0 saturated heterocycles. The van der Waals surface area contributed by atoms with Gasteiger partial charge in [0.15, 0.2) is 0 Å². The highest BCUT2D eigenvalue weighted by atomic mass is 16.4. The lowest BCUT2D eigenvalue weighted by Gasteiger charge is -2.03. The monoisotopic (exact) mass is 241 g/mol. The van der Waals surface area contributed by atoms with E-state index >= 15 is 0 Å². The number of allylic oxidation sites excluding steroid dienone is 5. The average molecular weight is 241 g/mol. The van der Waals surface area contributed by atoms with Gasteiger partial charge in [0, 0.05) is 17.3 Å². The third kappa shape index (κ3) is 4.22. The lowest BCUT2D eigenvalue weighted by Crippen LogP contribution is -1.90. The number of aryl methyl sites for hydroxylation is 1. The normalized spacial score (nSPS) is 11.5. The summed E-state index contributed by atoms with van der Waals surface area (Å²) < 4.78 is 0. The molecule has 0 bridgehead atoms. The fraction of sp³-hybridized carbons (Fsp3) is 0.0667. The van der Waals surface area contributed by atoms with Gasteiger partial charge in [-0.2, -0.15) is 0 Å². The molecule has 0 aromatic carbocycles. The molecule has 0 saturated carbocycles. The van der Waals surface area contributed by atoms with Gasteiger partial charge in [-0.05, 0) is 36.8 Å². The molecule has 0 aliphatic rings. The first-order valence-corrected chi connectivity index (χ1v) is 5.41. The van der Waals surface area contributed by atoms with Crippen molar-refractivity contribution in [1.82, 2.24) is 4.98 Å². The third-order valence-corrected chi connectivity index (χ3v) is 2.18. The van der Waals surface area contributed by atoms with E-state index in [-0.39, 0.29) is 0 Å². The Balaban J connectivity index is 3.00. The summed E-state index contributed by atoms with van der Waals surface area (Å²) >= 11 is 0. The molecule has 0 radical (unpaired) electrons. The average Bonchev–Trinajstić information content (AvgIpc) is 2.33. The third-order valence-electron chi connectivity index (χ3n) is 2.18. The number of hydrogen-bond acceptors (Lipinski definition) is 2. The second kappa shape index (κ2) is 6.35. The van der Waals surface area contributed by atoms with Gasteiger partial charge < -0.3 is 5.11 Å². The van der Waals surface area contributed by atoms with E-state index in [4.69, 9.17) is 5.11 Å². The molecule has 0 fully saturated rings. The molecule has 18 heavy (non-hydrogen) atoms. The predicted octanol–water partition coefficient (Wildman–Crippen LogP) is 3.16. The van der Waals surface area contributed by atoms with Crippen LogP contribution in [0.5, 0.6) is 0 Å². The molecule has 3 heteroatoms. The summed E-state index contributed by atoms with van der Waals surface area (Å²) in [6, 6.07) is 5.68. The molecular formula is C15H15NO2. The van der Waals surface area contributed by atoms with Gasteiger partial charge in [0.25, 0.3) is 0 Å². The van der Waals surface area contributed by atoms with Gasteiger partial charge >= 0.3 is 5.97 Å². The van der Waals surface area contributed by atoms with Crippen LogP contribution in [0.2, 0.25) is 0 Å². The number of carbonyl (C=O) groups is 1. The number of aromatic nitrogens is 1. The van der Waals surface area contributed by atoms with Crippen LogP contribution in [0, 0.1) is 6.92 Å². The van der Waals surface area contributed by atoms with Crippen molar-refractivity contribution in [1.29, 1.82) is 0 Å². The topological polar surface area (TPSA) is 50.2 Å². The molecule has 1 rings (SSSR count). The Bertz CT molecular complexity index is 539. The lowest BCUT2D eigenvalue weighted by molar-refractivity contribution is -0.131. The summed E-state index contributed by atoms with van der Waals surface area (Å²) in [6.07, 6.45) is 5.89. The van der Waals surface area contributed by atoms with Crippen LogP contribution < -0.4 is 0 Å². The van der Waals surface area contributed by atoms with Crippen LogP contribution in [-0.4, -0.2) is 16.1 Å². The van der Waals surface area contributed by atoms with E-state index in [1.807, 2.05) is 25.1 Å². The fourth-order valence-corrected chi connectivity index (χ4v) is 1.37. The minimum Gasteiger partial charge on any atom is -0.478 e. The number of aliphatic carboxylic acids is 1. The Morgan fingerprint density at radius 3 is 2.67 bits per heavy atom. The molecule has 0 atom stereocenters. The minimum atomic E-state index is -1.00. The zero-order valence-electron chi connectivity index (χ0n) is 10.3. The quantitative estimate of drug-likeness (QED) is 0.636. The van der Waals surface area contributed by atoms with Crippen molar-refractivity contribution in [3.8, 4) is 0 Å². The van der Waals surface area contributed by atoms with Crippen molar-refractivity contribution in [3.63, 3.8) is 0 Å². The van der Waals surface area contributed by atoms with Crippen molar-refractivity contribution in [2.24, 2.45) is 0 Å². The van der Waals surface area contributed by atoms with Crippen LogP contribution in [0.15, 0.2) is 61.2 Å². The molecule has 1 aromatic rings. The SMILES string of the molecule is C=C/C(=C\C(=C)/C=C/C(=O)O)c1cccc(C)n1. The molecular weight excluding hydrogens is 226 g/mol. The Kier molecular flexibility index (Phi) is 4.81. The summed E-state index contributed by atoms with van der Waals surface area (Å²) in [6.45, 7) is 9.39. The van der Waals surface area contributed by atoms with Crippen LogP contribution in [0.3, 0.4) is 0 Å². The van der Waals surface area contributed by atoms with Gasteiger partial charge in [-0.1, -0.05) is 25.3 Å². The maximum Gasteiger partial charge on any atom is 0.328 e. The van der Waals surface area contributed by atoms with E-state index in [2.05, 4.69) is 18.1 Å². The van der Waals surface area contributed by atoms with E-state index in [1.54, 1.807) is 12.2 Å². The summed E-state index contributed by atoms with van der Waals surface area (Å²) in [5, 5.41) is 8.53. The van der Waals surface area contributed by atoms with Gasteiger partial charge in [0.05, 0.1) is 5.69 Å². The Labute approximate surface area is 106 Å². The Hall–Kier alpha value is -2.42. The molecule has 3 nitrogen and oxygen atoms in total. The molecule has 0 spiro atoms. The number of hydrogen-bond donors (Lipinski definition) is 1. The highest BCUT2D eigenvalue weighted by molar-refractivity contribution is 5.81. The molecule has 0 aliphatic carbocycles. The van der Waals surface area contributed by atoms with E-state index in [9.17, 15) is 4.79 Å². The van der Waals surface area contributed by atoms with E-state index in [0.29, 0.717) is 5.57 Å². The second-order valence-corrected chi connectivity index (χ2v) is 3.71. The zero-order valence-corrected chi connectivity index (χ0v) is 10.3. The van der Waals surface area contributed by atoms with Crippen LogP contribution in [0.4, 0.5) is 0 Å². The van der Waals surface area contributed by atoms with Gasteiger partial charge in [-0.25, -0.2) is 4.79 Å². The summed E-state index contributed by atoms with van der Waals surface area (Å²) in [4.78, 5) is 14.8. The number of rotatable bonds is 5. The van der Waals surface area contributed by atoms with E-state index in [0.717, 1.165) is 23.0 Å². The van der Waals surface area contributed by atoms with Gasteiger partial charge in [-0.15, -0.1) is 0 Å². The molecule has 1 aromatic heterocycles. The Morgan fingerprint density at radius 1 is 1.39 bits per heavy atom. The molecule has 1 N–H and O–H groups in total. The molecule has 0 unspecified atom stereocenters. The first kappa shape index (κ1) is 13.6. The Morgan fingerprint density at radius 2 is 2.11 bits per heavy atom. The van der Waals surface area contributed by atoms with Gasteiger partial charge in [0.1, 0.15) is 0 Å². The fourth-order valence-electron chi connectivity index (χ4n) is 1.37. The van der Waals surface area contributed by atoms with Crippen LogP contribution in [0.25, 0.3) is 5.57 Å². The summed E-state index contributed by atoms with van der Waals surface area (Å²) in [5.41, 5.74) is 3.08. The minimum absolute atomic E-state index is 0.579. The summed E-state index contributed by atoms with van der Waals surface area (Å²) in [7, 11) is 0. The second-order valence-electron chi connectivity index (χ2n) is 3.71. The van der Waals surface area contributed by atoms with Crippen molar-refractivity contribution in [3.05, 3.63) is 72.6 Å². The zero-order chi connectivity index (χ0) is 13.5. The number of nitrogens with zero attached hydrogens (tertiary/aromatic N) is 1. The predicted molar refractivity (Wildman–Crippen MR) is 73.1 cm³/mol. The highest BCUT2D eigenvalue weighted by Gasteiger charge is 1.99. The van der Waals surface area contributed by atoms with Crippen LogP contribution in [0.1, 0.15) is 11.4 Å². The number of carboxylic acids is 1.